The number of pyridine rings is 3. The van der Waals surface area contributed by atoms with E-state index in [4.69, 9.17) is 0 Å². The average molecular weight is 577 g/mol. The first-order valence-corrected chi connectivity index (χ1v) is 13.6. The van der Waals surface area contributed by atoms with Gasteiger partial charge in [0.1, 0.15) is 16.9 Å². The first-order valence-electron chi connectivity index (χ1n) is 13.6. The summed E-state index contributed by atoms with van der Waals surface area (Å²) in [6.07, 6.45) is 4.86. The van der Waals surface area contributed by atoms with Gasteiger partial charge in [-0.15, -0.1) is 0 Å². The summed E-state index contributed by atoms with van der Waals surface area (Å²) in [5.41, 5.74) is 1.08. The molecule has 0 radical (unpaired) electrons. The van der Waals surface area contributed by atoms with Crippen molar-refractivity contribution >= 4 is 28.4 Å². The normalized spacial score (nSPS) is 21.1. The summed E-state index contributed by atoms with van der Waals surface area (Å²) in [4.78, 5) is 37.9. The van der Waals surface area contributed by atoms with E-state index in [1.54, 1.807) is 26.4 Å². The Labute approximate surface area is 238 Å². The minimum Gasteiger partial charge on any atom is -0.477 e. The maximum Gasteiger partial charge on any atom is 0.341 e. The van der Waals surface area contributed by atoms with Gasteiger partial charge in [-0.25, -0.2) is 22.9 Å². The van der Waals surface area contributed by atoms with Crippen LogP contribution in [0, 0.1) is 11.6 Å². The Morgan fingerprint density at radius 3 is 2.69 bits per heavy atom. The van der Waals surface area contributed by atoms with Gasteiger partial charge in [-0.2, -0.15) is 0 Å². The number of carboxylic acid groups (broad SMARTS) is 1. The molecule has 1 aromatic carbocycles. The predicted octanol–water partition coefficient (Wildman–Crippen LogP) is 3.82. The molecule has 0 spiro atoms. The number of hydrogen-bond acceptors (Lipinski definition) is 7. The van der Waals surface area contributed by atoms with Gasteiger partial charge in [0, 0.05) is 99.2 Å². The van der Waals surface area contributed by atoms with Crippen LogP contribution in [0.15, 0.2) is 35.5 Å². The number of likely N-dealkylation sites (N-methyl/N-ethyl adjacent to an activating group) is 1. The quantitative estimate of drug-likeness (QED) is 0.333. The van der Waals surface area contributed by atoms with Crippen molar-refractivity contribution in [3.05, 3.63) is 69.4 Å². The fraction of sp³-hybridized carbons (Fsp3) is 0.333. The number of carboxylic acids is 1. The van der Waals surface area contributed by atoms with Gasteiger partial charge in [0.2, 0.25) is 5.43 Å². The fourth-order valence-corrected chi connectivity index (χ4v) is 7.04. The van der Waals surface area contributed by atoms with Crippen LogP contribution >= 0.6 is 0 Å². The number of carbonyl (C=O) groups is 1. The zero-order chi connectivity index (χ0) is 29.7. The van der Waals surface area contributed by atoms with Crippen LogP contribution in [0.4, 0.5) is 24.5 Å². The van der Waals surface area contributed by atoms with Crippen LogP contribution in [0.25, 0.3) is 33.3 Å². The highest BCUT2D eigenvalue weighted by molar-refractivity contribution is 5.99. The maximum atomic E-state index is 16.2. The van der Waals surface area contributed by atoms with Crippen molar-refractivity contribution in [2.24, 2.45) is 7.05 Å². The number of anilines is 2. The van der Waals surface area contributed by atoms with Crippen LogP contribution in [0.1, 0.15) is 28.0 Å². The lowest BCUT2D eigenvalue weighted by Crippen LogP contribution is -2.41. The third-order valence-electron chi connectivity index (χ3n) is 8.92. The van der Waals surface area contributed by atoms with Gasteiger partial charge in [-0.3, -0.25) is 9.78 Å². The van der Waals surface area contributed by atoms with E-state index in [9.17, 15) is 19.1 Å². The van der Waals surface area contributed by atoms with E-state index >= 15 is 8.78 Å². The van der Waals surface area contributed by atoms with E-state index < -0.39 is 40.3 Å². The van der Waals surface area contributed by atoms with Gasteiger partial charge in [0.05, 0.1) is 22.8 Å². The number of nitrogens with zero attached hydrogens (tertiary/aromatic N) is 5. The summed E-state index contributed by atoms with van der Waals surface area (Å²) in [6, 6.07) is 2.12. The van der Waals surface area contributed by atoms with E-state index in [0.29, 0.717) is 52.4 Å². The van der Waals surface area contributed by atoms with Gasteiger partial charge in [-0.1, -0.05) is 0 Å². The van der Waals surface area contributed by atoms with E-state index in [1.807, 2.05) is 16.8 Å². The number of nitrogens with one attached hydrogen (secondary N) is 1. The molecule has 2 N–H and O–H groups in total. The predicted molar refractivity (Wildman–Crippen MR) is 152 cm³/mol. The second kappa shape index (κ2) is 9.02. The summed E-state index contributed by atoms with van der Waals surface area (Å²) >= 11 is 0. The third-order valence-corrected chi connectivity index (χ3v) is 8.92. The summed E-state index contributed by atoms with van der Waals surface area (Å²) < 4.78 is 48.3. The monoisotopic (exact) mass is 576 g/mol. The molecule has 0 bridgehead atoms. The van der Waals surface area contributed by atoms with E-state index in [1.165, 1.54) is 17.0 Å². The molecule has 0 saturated carbocycles. The SMILES string of the molecule is CNc1cc(F)c(F)c2c1Cc1ncc(-c3cnc4c(c3)c(=O)c(C(=O)O)cn4C)c(N3CC[C@@]4(F)CN(C)C[C@@H]34)c1-2. The highest BCUT2D eigenvalue weighted by Crippen LogP contribution is 2.53. The van der Waals surface area contributed by atoms with Crippen molar-refractivity contribution in [1.29, 1.82) is 0 Å². The molecule has 0 unspecified atom stereocenters. The molecule has 42 heavy (non-hydrogen) atoms. The van der Waals surface area contributed by atoms with Crippen LogP contribution in [0.5, 0.6) is 0 Å². The molecule has 5 heterocycles. The largest absolute Gasteiger partial charge is 0.477 e. The molecule has 2 atom stereocenters. The second-order valence-corrected chi connectivity index (χ2v) is 11.4. The van der Waals surface area contributed by atoms with Crippen LogP contribution in [0.2, 0.25) is 0 Å². The Morgan fingerprint density at radius 1 is 1.17 bits per heavy atom. The molecule has 7 rings (SSSR count). The van der Waals surface area contributed by atoms with Crippen molar-refractivity contribution in [3.8, 4) is 22.3 Å². The van der Waals surface area contributed by atoms with E-state index in [0.717, 1.165) is 6.07 Å². The number of benzene rings is 1. The topological polar surface area (TPSA) is 104 Å². The lowest BCUT2D eigenvalue weighted by molar-refractivity contribution is 0.0695. The first kappa shape index (κ1) is 26.4. The molecule has 9 nitrogen and oxygen atoms in total. The molecular formula is C30H27F3N6O3. The summed E-state index contributed by atoms with van der Waals surface area (Å²) in [7, 11) is 5.08. The number of aromatic carboxylic acids is 1. The van der Waals surface area contributed by atoms with Gasteiger partial charge in [-0.05, 0) is 18.7 Å². The zero-order valence-corrected chi connectivity index (χ0v) is 23.1. The van der Waals surface area contributed by atoms with Crippen LogP contribution < -0.4 is 15.6 Å². The summed E-state index contributed by atoms with van der Waals surface area (Å²) in [6.45, 7) is 1.03. The molecule has 12 heteroatoms. The van der Waals surface area contributed by atoms with Gasteiger partial charge in [0.15, 0.2) is 11.6 Å². The Balaban J connectivity index is 1.53. The number of aromatic nitrogens is 3. The number of rotatable bonds is 4. The molecule has 2 saturated heterocycles. The Bertz CT molecular complexity index is 1910. The molecule has 4 aromatic rings. The van der Waals surface area contributed by atoms with Crippen molar-refractivity contribution in [2.75, 3.05) is 43.9 Å². The van der Waals surface area contributed by atoms with Crippen LogP contribution in [0.3, 0.4) is 0 Å². The molecule has 2 fully saturated rings. The molecule has 3 aliphatic rings. The molecule has 3 aromatic heterocycles. The minimum absolute atomic E-state index is 0.0818. The Kier molecular flexibility index (Phi) is 5.68. The van der Waals surface area contributed by atoms with E-state index in [-0.39, 0.29) is 36.0 Å². The van der Waals surface area contributed by atoms with Gasteiger partial charge in [0.25, 0.3) is 0 Å². The average Bonchev–Trinajstić information content (AvgIpc) is 3.59. The van der Waals surface area contributed by atoms with Crippen molar-refractivity contribution < 1.29 is 23.1 Å². The fourth-order valence-electron chi connectivity index (χ4n) is 7.04. The highest BCUT2D eigenvalue weighted by Gasteiger charge is 2.54. The third kappa shape index (κ3) is 3.60. The van der Waals surface area contributed by atoms with E-state index in [2.05, 4.69) is 15.3 Å². The van der Waals surface area contributed by atoms with Crippen molar-refractivity contribution in [1.82, 2.24) is 19.4 Å². The number of hydrogen-bond donors (Lipinski definition) is 2. The van der Waals surface area contributed by atoms with Crippen molar-refractivity contribution in [2.45, 2.75) is 24.6 Å². The number of halogens is 3. The molecular weight excluding hydrogens is 549 g/mol. The van der Waals surface area contributed by atoms with Gasteiger partial charge >= 0.3 is 5.97 Å². The standard InChI is InChI=1S/C30H27F3N6O3/c1-34-20-8-19(31)25(32)23-15(20)7-21-24(23)26(39-5-4-30(33)13-37(2)12-22(30)39)17(10-35-21)14-6-16-27(40)18(29(41)42)11-38(3)28(16)36-9-14/h6,8-11,22,34H,4-5,7,12-13H2,1-3H3,(H,41,42)/t22-,30-/m1/s1. The first-order chi connectivity index (χ1) is 20.0. The molecule has 1 aliphatic carbocycles. The maximum absolute atomic E-state index is 16.2. The molecule has 216 valence electrons. The van der Waals surface area contributed by atoms with Crippen molar-refractivity contribution in [3.63, 3.8) is 0 Å². The Morgan fingerprint density at radius 2 is 1.95 bits per heavy atom. The zero-order valence-electron chi connectivity index (χ0n) is 23.1. The molecule has 2 aliphatic heterocycles. The number of fused-ring (bicyclic) bond motifs is 5. The molecule has 0 amide bonds. The van der Waals surface area contributed by atoms with Gasteiger partial charge < -0.3 is 24.8 Å². The lowest BCUT2D eigenvalue weighted by Gasteiger charge is -2.31. The lowest BCUT2D eigenvalue weighted by atomic mass is 9.95. The summed E-state index contributed by atoms with van der Waals surface area (Å²) in [5.74, 6) is -3.38. The number of alkyl halides is 1. The smallest absolute Gasteiger partial charge is 0.341 e. The highest BCUT2D eigenvalue weighted by atomic mass is 19.2. The summed E-state index contributed by atoms with van der Waals surface area (Å²) in [5, 5.41) is 12.6. The number of aryl methyl sites for hydroxylation is 1. The van der Waals surface area contributed by atoms with Crippen LogP contribution in [-0.4, -0.2) is 76.0 Å². The second-order valence-electron chi connectivity index (χ2n) is 11.4. The Hall–Kier alpha value is -4.45. The minimum atomic E-state index is -1.49. The number of likely N-dealkylation sites (tertiary alicyclic amines) is 1. The van der Waals surface area contributed by atoms with Crippen LogP contribution in [-0.2, 0) is 13.5 Å².